The molecule has 0 radical (unpaired) electrons. The second-order valence-electron chi connectivity index (χ2n) is 5.19. The molecule has 3 nitrogen and oxygen atoms in total. The Morgan fingerprint density at radius 1 is 1.28 bits per heavy atom. The normalized spacial score (nSPS) is 12.9. The number of aromatic nitrogens is 1. The Kier molecular flexibility index (Phi) is 4.27. The summed E-state index contributed by atoms with van der Waals surface area (Å²) in [6.45, 7) is 5.19. The number of hydrogen-bond donors (Lipinski definition) is 1. The van der Waals surface area contributed by atoms with Crippen LogP contribution in [0, 0.1) is 0 Å². The molecule has 0 aliphatic rings. The van der Waals surface area contributed by atoms with E-state index >= 15 is 0 Å². The first-order chi connectivity index (χ1) is 8.04. The van der Waals surface area contributed by atoms with E-state index in [1.165, 1.54) is 18.4 Å². The number of hydrogen-bond acceptors (Lipinski definition) is 4. The predicted octanol–water partition coefficient (Wildman–Crippen LogP) is 2.90. The lowest BCUT2D eigenvalue weighted by atomic mass is 9.91. The fourth-order valence-electron chi connectivity index (χ4n) is 1.56. The van der Waals surface area contributed by atoms with Crippen molar-refractivity contribution in [2.75, 3.05) is 18.5 Å². The molecular formula is C11H18F3N3S. The molecule has 7 heteroatoms. The van der Waals surface area contributed by atoms with E-state index in [4.69, 9.17) is 5.73 Å². The summed E-state index contributed by atoms with van der Waals surface area (Å²) in [4.78, 5) is 6.25. The van der Waals surface area contributed by atoms with Crippen LogP contribution in [-0.2, 0) is 12.0 Å². The van der Waals surface area contributed by atoms with Crippen LogP contribution in [0.5, 0.6) is 0 Å². The van der Waals surface area contributed by atoms with Gasteiger partial charge >= 0.3 is 6.18 Å². The van der Waals surface area contributed by atoms with Gasteiger partial charge in [-0.3, -0.25) is 0 Å². The Labute approximate surface area is 109 Å². The van der Waals surface area contributed by atoms with Crippen LogP contribution in [0.1, 0.15) is 31.3 Å². The lowest BCUT2D eigenvalue weighted by Crippen LogP contribution is -2.30. The average molecular weight is 281 g/mol. The van der Waals surface area contributed by atoms with Crippen molar-refractivity contribution in [1.82, 2.24) is 4.98 Å². The van der Waals surface area contributed by atoms with Gasteiger partial charge in [0.15, 0.2) is 5.13 Å². The van der Waals surface area contributed by atoms with E-state index in [0.29, 0.717) is 11.7 Å². The molecular weight excluding hydrogens is 263 g/mol. The highest BCUT2D eigenvalue weighted by molar-refractivity contribution is 7.15. The van der Waals surface area contributed by atoms with E-state index in [-0.39, 0.29) is 5.41 Å². The van der Waals surface area contributed by atoms with Gasteiger partial charge in [0.25, 0.3) is 0 Å². The lowest BCUT2D eigenvalue weighted by molar-refractivity contribution is -0.119. The maximum absolute atomic E-state index is 12.3. The first-order valence-electron chi connectivity index (χ1n) is 5.52. The highest BCUT2D eigenvalue weighted by Crippen LogP contribution is 2.34. The van der Waals surface area contributed by atoms with Crippen molar-refractivity contribution in [3.05, 3.63) is 10.6 Å². The summed E-state index contributed by atoms with van der Waals surface area (Å²) in [7, 11) is 1.39. The molecule has 0 saturated heterocycles. The highest BCUT2D eigenvalue weighted by atomic mass is 32.1. The molecule has 0 aromatic carbocycles. The van der Waals surface area contributed by atoms with Crippen molar-refractivity contribution >= 4 is 16.5 Å². The van der Waals surface area contributed by atoms with Crippen molar-refractivity contribution in [2.24, 2.45) is 5.73 Å². The third-order valence-corrected chi connectivity index (χ3v) is 3.52. The van der Waals surface area contributed by atoms with Crippen molar-refractivity contribution in [3.63, 3.8) is 0 Å². The largest absolute Gasteiger partial charge is 0.405 e. The molecule has 2 N–H and O–H groups in total. The average Bonchev–Trinajstić information content (AvgIpc) is 2.57. The Morgan fingerprint density at radius 3 is 2.17 bits per heavy atom. The smallest absolute Gasteiger partial charge is 0.342 e. The molecule has 1 heterocycles. The number of nitrogens with two attached hydrogens (primary N) is 1. The monoisotopic (exact) mass is 281 g/mol. The van der Waals surface area contributed by atoms with Crippen LogP contribution >= 0.6 is 11.3 Å². The minimum Gasteiger partial charge on any atom is -0.342 e. The number of nitrogens with zero attached hydrogens (tertiary/aromatic N) is 2. The topological polar surface area (TPSA) is 42.2 Å². The van der Waals surface area contributed by atoms with Gasteiger partial charge in [0.1, 0.15) is 6.54 Å². The Bertz CT molecular complexity index is 407. The van der Waals surface area contributed by atoms with Gasteiger partial charge in [-0.1, -0.05) is 20.8 Å². The second-order valence-corrected chi connectivity index (χ2v) is 6.26. The Balaban J connectivity index is 3.02. The molecule has 1 aromatic heterocycles. The lowest BCUT2D eigenvalue weighted by Gasteiger charge is -2.19. The number of thiazole rings is 1. The molecule has 0 saturated carbocycles. The fourth-order valence-corrected chi connectivity index (χ4v) is 2.67. The minimum atomic E-state index is -4.23. The molecule has 0 aliphatic carbocycles. The van der Waals surface area contributed by atoms with Crippen LogP contribution in [0.25, 0.3) is 0 Å². The second kappa shape index (κ2) is 5.05. The maximum atomic E-state index is 12.3. The van der Waals surface area contributed by atoms with Crippen molar-refractivity contribution in [2.45, 2.75) is 38.9 Å². The van der Waals surface area contributed by atoms with Gasteiger partial charge in [-0.05, 0) is 0 Å². The standard InChI is InChI=1S/C11H18F3N3S/c1-10(2,3)8-7(5-15)18-9(16-8)17(4)6-11(12,13)14/h5-6,15H2,1-4H3. The quantitative estimate of drug-likeness (QED) is 0.926. The summed E-state index contributed by atoms with van der Waals surface area (Å²) >= 11 is 1.22. The van der Waals surface area contributed by atoms with Crippen LogP contribution in [0.15, 0.2) is 0 Å². The van der Waals surface area contributed by atoms with Crippen LogP contribution in [0.3, 0.4) is 0 Å². The third-order valence-electron chi connectivity index (χ3n) is 2.32. The summed E-state index contributed by atoms with van der Waals surface area (Å²) < 4.78 is 37.0. The van der Waals surface area contributed by atoms with E-state index in [2.05, 4.69) is 4.98 Å². The van der Waals surface area contributed by atoms with Gasteiger partial charge in [0.05, 0.1) is 5.69 Å². The van der Waals surface area contributed by atoms with Crippen LogP contribution in [0.2, 0.25) is 0 Å². The van der Waals surface area contributed by atoms with Gasteiger partial charge in [0.2, 0.25) is 0 Å². The van der Waals surface area contributed by atoms with Crippen molar-refractivity contribution in [1.29, 1.82) is 0 Å². The first kappa shape index (κ1) is 15.2. The van der Waals surface area contributed by atoms with E-state index in [0.717, 1.165) is 15.5 Å². The summed E-state index contributed by atoms with van der Waals surface area (Å²) in [5, 5.41) is 0.359. The minimum absolute atomic E-state index is 0.220. The number of anilines is 1. The van der Waals surface area contributed by atoms with Gasteiger partial charge in [-0.15, -0.1) is 11.3 Å². The number of alkyl halides is 3. The highest BCUT2D eigenvalue weighted by Gasteiger charge is 2.31. The molecule has 104 valence electrons. The number of halogens is 3. The zero-order valence-corrected chi connectivity index (χ0v) is 11.7. The van der Waals surface area contributed by atoms with Gasteiger partial charge < -0.3 is 10.6 Å². The molecule has 1 aromatic rings. The molecule has 0 atom stereocenters. The van der Waals surface area contributed by atoms with E-state index in [1.54, 1.807) is 0 Å². The first-order valence-corrected chi connectivity index (χ1v) is 6.34. The maximum Gasteiger partial charge on any atom is 0.405 e. The van der Waals surface area contributed by atoms with Crippen LogP contribution in [-0.4, -0.2) is 24.8 Å². The molecule has 0 amide bonds. The summed E-state index contributed by atoms with van der Waals surface area (Å²) in [5.41, 5.74) is 6.17. The molecule has 0 spiro atoms. The molecule has 1 rings (SSSR count). The summed E-state index contributed by atoms with van der Waals surface area (Å²) in [6.07, 6.45) is -4.23. The molecule has 0 unspecified atom stereocenters. The zero-order chi connectivity index (χ0) is 14.1. The molecule has 0 bridgehead atoms. The predicted molar refractivity (Wildman–Crippen MR) is 68.0 cm³/mol. The summed E-state index contributed by atoms with van der Waals surface area (Å²) in [6, 6.07) is 0. The van der Waals surface area contributed by atoms with Gasteiger partial charge in [-0.25, -0.2) is 4.98 Å². The van der Waals surface area contributed by atoms with Crippen molar-refractivity contribution in [3.8, 4) is 0 Å². The van der Waals surface area contributed by atoms with Crippen molar-refractivity contribution < 1.29 is 13.2 Å². The van der Waals surface area contributed by atoms with Gasteiger partial charge in [-0.2, -0.15) is 13.2 Å². The fraction of sp³-hybridized carbons (Fsp3) is 0.727. The van der Waals surface area contributed by atoms with Crippen LogP contribution in [0.4, 0.5) is 18.3 Å². The third kappa shape index (κ3) is 3.84. The SMILES string of the molecule is CN(CC(F)(F)F)c1nc(C(C)(C)C)c(CN)s1. The molecule has 0 fully saturated rings. The molecule has 0 aliphatic heterocycles. The van der Waals surface area contributed by atoms with E-state index in [1.807, 2.05) is 20.8 Å². The van der Waals surface area contributed by atoms with Gasteiger partial charge in [0, 0.05) is 23.9 Å². The van der Waals surface area contributed by atoms with E-state index < -0.39 is 12.7 Å². The molecule has 18 heavy (non-hydrogen) atoms. The van der Waals surface area contributed by atoms with Crippen LogP contribution < -0.4 is 10.6 Å². The van der Waals surface area contributed by atoms with E-state index in [9.17, 15) is 13.2 Å². The summed E-state index contributed by atoms with van der Waals surface area (Å²) in [5.74, 6) is 0. The Hall–Kier alpha value is -0.820. The number of rotatable bonds is 3. The Morgan fingerprint density at radius 2 is 1.83 bits per heavy atom. The zero-order valence-electron chi connectivity index (χ0n) is 10.9.